The van der Waals surface area contributed by atoms with Gasteiger partial charge in [0, 0.05) is 16.3 Å². The number of hydrogen-bond donors (Lipinski definition) is 1. The van der Waals surface area contributed by atoms with Crippen LogP contribution in [0.1, 0.15) is 62.0 Å². The van der Waals surface area contributed by atoms with E-state index < -0.39 is 17.9 Å². The zero-order chi connectivity index (χ0) is 24.7. The van der Waals surface area contributed by atoms with Gasteiger partial charge in [0.25, 0.3) is 0 Å². The van der Waals surface area contributed by atoms with Gasteiger partial charge in [-0.2, -0.15) is 5.10 Å². The molecule has 178 valence electrons. The highest BCUT2D eigenvalue weighted by Gasteiger charge is 2.41. The molecule has 34 heavy (non-hydrogen) atoms. The molecule has 1 aliphatic heterocycles. The molecule has 0 fully saturated rings. The van der Waals surface area contributed by atoms with Crippen molar-refractivity contribution in [2.75, 3.05) is 10.2 Å². The standard InChI is InChI=1S/C26H27Cl2FN4O/c1-14(2)11-12-32-23(15(3)4)21-24(18-10-9-17(27)13-16(18)5)33(26(34)30-25(21)31-32)20-8-6-7-19(28)22(20)29/h6-11,13,15,24H,12H2,1-5H3,(H,30,31,34). The number of rotatable bonds is 5. The average Bonchev–Trinajstić information content (AvgIpc) is 3.12. The average molecular weight is 501 g/mol. The van der Waals surface area contributed by atoms with Crippen molar-refractivity contribution < 1.29 is 9.18 Å². The summed E-state index contributed by atoms with van der Waals surface area (Å²) in [5, 5.41) is 8.18. The fraction of sp³-hybridized carbons (Fsp3) is 0.308. The molecule has 1 N–H and O–H groups in total. The number of urea groups is 1. The number of aryl methyl sites for hydroxylation is 1. The highest BCUT2D eigenvalue weighted by atomic mass is 35.5. The molecule has 3 aromatic rings. The first-order chi connectivity index (χ1) is 16.1. The Bertz CT molecular complexity index is 1290. The second-order valence-corrected chi connectivity index (χ2v) is 9.89. The van der Waals surface area contributed by atoms with E-state index in [0.717, 1.165) is 22.4 Å². The van der Waals surface area contributed by atoms with Crippen molar-refractivity contribution in [1.82, 2.24) is 9.78 Å². The molecule has 0 radical (unpaired) electrons. The van der Waals surface area contributed by atoms with Crippen LogP contribution in [0.15, 0.2) is 48.0 Å². The van der Waals surface area contributed by atoms with Crippen molar-refractivity contribution in [3.05, 3.63) is 86.3 Å². The van der Waals surface area contributed by atoms with E-state index in [1.165, 1.54) is 16.5 Å². The summed E-state index contributed by atoms with van der Waals surface area (Å²) >= 11 is 12.4. The number of nitrogens with zero attached hydrogens (tertiary/aromatic N) is 3. The summed E-state index contributed by atoms with van der Waals surface area (Å²) < 4.78 is 17.2. The smallest absolute Gasteiger partial charge is 0.290 e. The van der Waals surface area contributed by atoms with Crippen LogP contribution in [0.25, 0.3) is 0 Å². The number of allylic oxidation sites excluding steroid dienone is 2. The molecule has 5 nitrogen and oxygen atoms in total. The highest BCUT2D eigenvalue weighted by molar-refractivity contribution is 6.31. The molecule has 1 atom stereocenters. The molecule has 0 bridgehead atoms. The summed E-state index contributed by atoms with van der Waals surface area (Å²) in [5.41, 5.74) is 4.79. The zero-order valence-corrected chi connectivity index (χ0v) is 21.3. The van der Waals surface area contributed by atoms with Gasteiger partial charge >= 0.3 is 6.03 Å². The first kappa shape index (κ1) is 24.3. The predicted molar refractivity (Wildman–Crippen MR) is 137 cm³/mol. The van der Waals surface area contributed by atoms with Crippen LogP contribution in [0, 0.1) is 12.7 Å². The maximum absolute atomic E-state index is 15.3. The zero-order valence-electron chi connectivity index (χ0n) is 19.8. The van der Waals surface area contributed by atoms with Gasteiger partial charge < -0.3 is 0 Å². The van der Waals surface area contributed by atoms with Crippen LogP contribution in [-0.4, -0.2) is 15.8 Å². The number of aromatic nitrogens is 2. The van der Waals surface area contributed by atoms with Crippen LogP contribution in [0.2, 0.25) is 10.0 Å². The van der Waals surface area contributed by atoms with Crippen molar-refractivity contribution in [2.45, 2.75) is 53.1 Å². The Morgan fingerprint density at radius 1 is 1.24 bits per heavy atom. The van der Waals surface area contributed by atoms with Crippen molar-refractivity contribution in [3.8, 4) is 0 Å². The lowest BCUT2D eigenvalue weighted by molar-refractivity contribution is 0.254. The van der Waals surface area contributed by atoms with Crippen molar-refractivity contribution >= 4 is 40.7 Å². The molecule has 2 aromatic carbocycles. The van der Waals surface area contributed by atoms with Crippen LogP contribution < -0.4 is 10.2 Å². The highest BCUT2D eigenvalue weighted by Crippen LogP contribution is 2.46. The first-order valence-electron chi connectivity index (χ1n) is 11.1. The molecule has 1 aromatic heterocycles. The van der Waals surface area contributed by atoms with Crippen LogP contribution in [-0.2, 0) is 6.54 Å². The number of carbonyl (C=O) groups is 1. The Morgan fingerprint density at radius 3 is 2.62 bits per heavy atom. The molecule has 0 saturated heterocycles. The lowest BCUT2D eigenvalue weighted by Crippen LogP contribution is -2.44. The van der Waals surface area contributed by atoms with Gasteiger partial charge in [-0.15, -0.1) is 0 Å². The summed E-state index contributed by atoms with van der Waals surface area (Å²) in [5.74, 6) is -0.0747. The molecule has 1 aliphatic rings. The molecule has 2 heterocycles. The third-order valence-corrected chi connectivity index (χ3v) is 6.47. The third-order valence-electron chi connectivity index (χ3n) is 5.94. The van der Waals surface area contributed by atoms with Crippen molar-refractivity contribution in [2.24, 2.45) is 0 Å². The number of amides is 2. The molecule has 8 heteroatoms. The lowest BCUT2D eigenvalue weighted by Gasteiger charge is -2.37. The molecule has 1 unspecified atom stereocenters. The monoisotopic (exact) mass is 500 g/mol. The molecular formula is C26H27Cl2FN4O. The van der Waals surface area contributed by atoms with Gasteiger partial charge in [-0.05, 0) is 62.1 Å². The Morgan fingerprint density at radius 2 is 1.97 bits per heavy atom. The van der Waals surface area contributed by atoms with E-state index in [1.807, 2.05) is 37.6 Å². The minimum absolute atomic E-state index is 0.0500. The van der Waals surface area contributed by atoms with E-state index in [-0.39, 0.29) is 16.6 Å². The van der Waals surface area contributed by atoms with Crippen LogP contribution in [0.5, 0.6) is 0 Å². The lowest BCUT2D eigenvalue weighted by atomic mass is 9.89. The van der Waals surface area contributed by atoms with E-state index in [0.29, 0.717) is 17.4 Å². The van der Waals surface area contributed by atoms with Crippen LogP contribution in [0.4, 0.5) is 20.7 Å². The summed E-state index contributed by atoms with van der Waals surface area (Å²) in [7, 11) is 0. The van der Waals surface area contributed by atoms with Crippen molar-refractivity contribution in [1.29, 1.82) is 0 Å². The number of benzene rings is 2. The van der Waals surface area contributed by atoms with E-state index in [2.05, 4.69) is 25.2 Å². The molecule has 0 aliphatic carbocycles. The summed E-state index contributed by atoms with van der Waals surface area (Å²) in [6.07, 6.45) is 2.09. The van der Waals surface area contributed by atoms with Crippen LogP contribution >= 0.6 is 23.2 Å². The van der Waals surface area contributed by atoms with E-state index >= 15 is 4.39 Å². The summed E-state index contributed by atoms with van der Waals surface area (Å²) in [6, 6.07) is 9.08. The number of fused-ring (bicyclic) bond motifs is 1. The topological polar surface area (TPSA) is 50.2 Å². The fourth-order valence-corrected chi connectivity index (χ4v) is 4.84. The normalized spacial score (nSPS) is 15.4. The molecule has 4 rings (SSSR count). The molecule has 0 spiro atoms. The van der Waals surface area contributed by atoms with Gasteiger partial charge in [-0.1, -0.05) is 60.8 Å². The van der Waals surface area contributed by atoms with Gasteiger partial charge in [-0.3, -0.25) is 14.9 Å². The van der Waals surface area contributed by atoms with Gasteiger partial charge in [0.2, 0.25) is 0 Å². The minimum Gasteiger partial charge on any atom is -0.290 e. The number of halogens is 3. The Balaban J connectivity index is 2.03. The number of hydrogen-bond acceptors (Lipinski definition) is 2. The largest absolute Gasteiger partial charge is 0.328 e. The Kier molecular flexibility index (Phi) is 6.74. The fourth-order valence-electron chi connectivity index (χ4n) is 4.44. The number of nitrogens with one attached hydrogen (secondary N) is 1. The first-order valence-corrected chi connectivity index (χ1v) is 11.9. The number of anilines is 2. The second-order valence-electron chi connectivity index (χ2n) is 9.04. The Labute approximate surface area is 209 Å². The SMILES string of the molecule is CC(C)=CCn1nc2c(c1C(C)C)C(c1ccc(Cl)cc1C)N(c1cccc(Cl)c1F)C(=O)N2. The minimum atomic E-state index is -0.651. The second kappa shape index (κ2) is 9.43. The molecule has 2 amide bonds. The van der Waals surface area contributed by atoms with Gasteiger partial charge in [-0.25, -0.2) is 9.18 Å². The van der Waals surface area contributed by atoms with Crippen molar-refractivity contribution in [3.63, 3.8) is 0 Å². The van der Waals surface area contributed by atoms with E-state index in [4.69, 9.17) is 28.3 Å². The van der Waals surface area contributed by atoms with E-state index in [9.17, 15) is 4.79 Å². The van der Waals surface area contributed by atoms with Crippen LogP contribution in [0.3, 0.4) is 0 Å². The summed E-state index contributed by atoms with van der Waals surface area (Å²) in [4.78, 5) is 14.9. The molecular weight excluding hydrogens is 474 g/mol. The molecule has 0 saturated carbocycles. The quantitative estimate of drug-likeness (QED) is 0.362. The summed E-state index contributed by atoms with van der Waals surface area (Å²) in [6.45, 7) is 10.7. The van der Waals surface area contributed by atoms with Gasteiger partial charge in [0.15, 0.2) is 11.6 Å². The predicted octanol–water partition coefficient (Wildman–Crippen LogP) is 7.87. The van der Waals surface area contributed by atoms with Gasteiger partial charge in [0.05, 0.1) is 23.3 Å². The van der Waals surface area contributed by atoms with Gasteiger partial charge in [0.1, 0.15) is 0 Å². The number of carbonyl (C=O) groups excluding carboxylic acids is 1. The maximum Gasteiger partial charge on any atom is 0.328 e. The Hall–Kier alpha value is -2.83. The maximum atomic E-state index is 15.3. The van der Waals surface area contributed by atoms with E-state index in [1.54, 1.807) is 18.2 Å². The third kappa shape index (κ3) is 4.32.